The first-order chi connectivity index (χ1) is 16.8. The van der Waals surface area contributed by atoms with Crippen LogP contribution in [0.3, 0.4) is 0 Å². The molecule has 0 aromatic heterocycles. The van der Waals surface area contributed by atoms with E-state index in [1.54, 1.807) is 13.8 Å². The molecule has 1 aliphatic carbocycles. The molecule has 1 amide bonds. The number of Topliss-reactive ketones (excluding diaryl/α,β-unsaturated/α-hetero) is 1. The number of nitrogens with one attached hydrogen (secondary N) is 1. The lowest BCUT2D eigenvalue weighted by Crippen LogP contribution is -2.32. The van der Waals surface area contributed by atoms with Gasteiger partial charge in [-0.3, -0.25) is 14.6 Å². The molecule has 3 N–H and O–H groups in total. The van der Waals surface area contributed by atoms with Crippen LogP contribution in [0.4, 0.5) is 0 Å². The third kappa shape index (κ3) is 18.3. The summed E-state index contributed by atoms with van der Waals surface area (Å²) in [6.07, 6.45) is 16.3. The summed E-state index contributed by atoms with van der Waals surface area (Å²) in [7, 11) is 0. The Labute approximate surface area is 218 Å². The van der Waals surface area contributed by atoms with Gasteiger partial charge >= 0.3 is 0 Å². The van der Waals surface area contributed by atoms with Crippen LogP contribution in [0, 0.1) is 5.92 Å². The topological polar surface area (TPSA) is 84.5 Å². The van der Waals surface area contributed by atoms with Crippen LogP contribution >= 0.6 is 0 Å². The second-order valence-electron chi connectivity index (χ2n) is 9.54. The monoisotopic (exact) mass is 493 g/mol. The van der Waals surface area contributed by atoms with Crippen molar-refractivity contribution in [3.8, 4) is 0 Å². The smallest absolute Gasteiger partial charge is 0.217 e. The highest BCUT2D eigenvalue weighted by atomic mass is 16.1. The highest BCUT2D eigenvalue weighted by molar-refractivity contribution is 6.08. The number of rotatable bonds is 14. The third-order valence-electron chi connectivity index (χ3n) is 6.33. The Bertz CT molecular complexity index is 605. The molecule has 0 bridgehead atoms. The van der Waals surface area contributed by atoms with Gasteiger partial charge in [-0.15, -0.1) is 0 Å². The molecule has 1 fully saturated rings. The molecule has 5 heteroatoms. The fourth-order valence-corrected chi connectivity index (χ4v) is 4.57. The van der Waals surface area contributed by atoms with Gasteiger partial charge in [0.25, 0.3) is 0 Å². The Morgan fingerprint density at radius 3 is 1.91 bits per heavy atom. The number of hydrogen-bond donors (Lipinski definition) is 2. The van der Waals surface area contributed by atoms with Gasteiger partial charge in [0.05, 0.1) is 5.70 Å². The molecule has 206 valence electrons. The summed E-state index contributed by atoms with van der Waals surface area (Å²) in [6, 6.07) is 0.410. The minimum absolute atomic E-state index is 0.0190. The van der Waals surface area contributed by atoms with Crippen molar-refractivity contribution in [2.24, 2.45) is 16.6 Å². The van der Waals surface area contributed by atoms with Crippen molar-refractivity contribution in [2.75, 3.05) is 6.54 Å². The number of nitrogens with two attached hydrogens (primary N) is 1. The summed E-state index contributed by atoms with van der Waals surface area (Å²) in [5.41, 5.74) is 8.52. The van der Waals surface area contributed by atoms with E-state index in [4.69, 9.17) is 10.7 Å². The van der Waals surface area contributed by atoms with E-state index in [0.717, 1.165) is 62.3 Å². The maximum absolute atomic E-state index is 11.5. The average Bonchev–Trinajstić information content (AvgIpc) is 2.84. The number of amides is 1. The fraction of sp³-hybridized carbons (Fsp3) is 0.833. The van der Waals surface area contributed by atoms with E-state index < -0.39 is 0 Å². The molecule has 35 heavy (non-hydrogen) atoms. The molecule has 1 rings (SSSR count). The molecular formula is C30H59N3O2. The predicted molar refractivity (Wildman–Crippen MR) is 154 cm³/mol. The Kier molecular flexibility index (Phi) is 24.4. The summed E-state index contributed by atoms with van der Waals surface area (Å²) in [5, 5.41) is 2.98. The van der Waals surface area contributed by atoms with Crippen molar-refractivity contribution in [1.29, 1.82) is 0 Å². The van der Waals surface area contributed by atoms with Gasteiger partial charge in [0.15, 0.2) is 5.78 Å². The number of ketones is 1. The van der Waals surface area contributed by atoms with Crippen molar-refractivity contribution in [3.63, 3.8) is 0 Å². The normalized spacial score (nSPS) is 16.5. The van der Waals surface area contributed by atoms with E-state index in [0.29, 0.717) is 11.7 Å². The van der Waals surface area contributed by atoms with Gasteiger partial charge in [-0.2, -0.15) is 0 Å². The quantitative estimate of drug-likeness (QED) is 0.241. The minimum atomic E-state index is -0.0190. The van der Waals surface area contributed by atoms with Crippen molar-refractivity contribution < 1.29 is 9.59 Å². The molecule has 0 aromatic rings. The van der Waals surface area contributed by atoms with Crippen molar-refractivity contribution in [3.05, 3.63) is 11.3 Å². The Hall–Kier alpha value is -1.65. The van der Waals surface area contributed by atoms with E-state index in [1.165, 1.54) is 51.4 Å². The number of unbranched alkanes of at least 4 members (excludes halogenated alkanes) is 1. The average molecular weight is 494 g/mol. The lowest BCUT2D eigenvalue weighted by atomic mass is 9.90. The van der Waals surface area contributed by atoms with E-state index in [2.05, 4.69) is 33.0 Å². The zero-order chi connectivity index (χ0) is 27.1. The zero-order valence-electron chi connectivity index (χ0n) is 24.6. The van der Waals surface area contributed by atoms with Crippen molar-refractivity contribution in [2.45, 2.75) is 151 Å². The molecule has 0 saturated heterocycles. The highest BCUT2D eigenvalue weighted by Gasteiger charge is 2.18. The summed E-state index contributed by atoms with van der Waals surface area (Å²) in [5.74, 6) is 0.879. The van der Waals surface area contributed by atoms with Gasteiger partial charge in [0, 0.05) is 32.1 Å². The van der Waals surface area contributed by atoms with Crippen LogP contribution in [0.5, 0.6) is 0 Å². The van der Waals surface area contributed by atoms with Gasteiger partial charge < -0.3 is 11.1 Å². The van der Waals surface area contributed by atoms with E-state index in [9.17, 15) is 9.59 Å². The Balaban J connectivity index is 0. The molecule has 1 aliphatic rings. The zero-order valence-corrected chi connectivity index (χ0v) is 24.6. The molecule has 0 radical (unpaired) electrons. The highest BCUT2D eigenvalue weighted by Crippen LogP contribution is 2.24. The van der Waals surface area contributed by atoms with Gasteiger partial charge in [0.1, 0.15) is 0 Å². The maximum Gasteiger partial charge on any atom is 0.217 e. The lowest BCUT2D eigenvalue weighted by Gasteiger charge is -2.19. The number of nitrogens with zero attached hydrogens (tertiary/aromatic N) is 1. The summed E-state index contributed by atoms with van der Waals surface area (Å²) < 4.78 is 0. The number of hydrogen-bond acceptors (Lipinski definition) is 4. The van der Waals surface area contributed by atoms with Gasteiger partial charge in [-0.1, -0.05) is 86.5 Å². The van der Waals surface area contributed by atoms with E-state index >= 15 is 0 Å². The van der Waals surface area contributed by atoms with Crippen LogP contribution in [-0.2, 0) is 9.59 Å². The molecule has 1 atom stereocenters. The summed E-state index contributed by atoms with van der Waals surface area (Å²) in [6.45, 7) is 16.9. The molecule has 0 heterocycles. The number of aliphatic imine (C=N–C) groups is 1. The maximum atomic E-state index is 11.5. The molecule has 0 aliphatic heterocycles. The Morgan fingerprint density at radius 1 is 0.857 bits per heavy atom. The van der Waals surface area contributed by atoms with Gasteiger partial charge in [-0.05, 0) is 56.4 Å². The fourth-order valence-electron chi connectivity index (χ4n) is 4.57. The van der Waals surface area contributed by atoms with Crippen LogP contribution in [0.15, 0.2) is 16.3 Å². The first kappa shape index (κ1) is 35.5. The molecule has 1 saturated carbocycles. The molecule has 0 aromatic carbocycles. The van der Waals surface area contributed by atoms with E-state index in [1.807, 2.05) is 13.8 Å². The van der Waals surface area contributed by atoms with Gasteiger partial charge in [-0.25, -0.2) is 0 Å². The number of carbonyl (C=O) groups excluding carboxylic acids is 2. The van der Waals surface area contributed by atoms with E-state index in [-0.39, 0.29) is 11.7 Å². The molecule has 5 nitrogen and oxygen atoms in total. The van der Waals surface area contributed by atoms with Crippen LogP contribution in [0.2, 0.25) is 0 Å². The minimum Gasteiger partial charge on any atom is -0.396 e. The predicted octanol–water partition coefficient (Wildman–Crippen LogP) is 7.92. The summed E-state index contributed by atoms with van der Waals surface area (Å²) in [4.78, 5) is 27.1. The second kappa shape index (κ2) is 24.1. The van der Waals surface area contributed by atoms with Crippen molar-refractivity contribution >= 4 is 17.4 Å². The first-order valence-electron chi connectivity index (χ1n) is 14.6. The second-order valence-corrected chi connectivity index (χ2v) is 9.54. The first-order valence-corrected chi connectivity index (χ1v) is 14.6. The third-order valence-corrected chi connectivity index (χ3v) is 6.33. The molecule has 0 spiro atoms. The van der Waals surface area contributed by atoms with Gasteiger partial charge in [0.2, 0.25) is 5.91 Å². The van der Waals surface area contributed by atoms with Crippen LogP contribution in [0.1, 0.15) is 145 Å². The molecular weight excluding hydrogens is 434 g/mol. The van der Waals surface area contributed by atoms with Crippen LogP contribution in [-0.4, -0.2) is 30.0 Å². The van der Waals surface area contributed by atoms with Crippen LogP contribution in [0.25, 0.3) is 0 Å². The largest absolute Gasteiger partial charge is 0.396 e. The molecule has 1 unspecified atom stereocenters. The Morgan fingerprint density at radius 2 is 1.43 bits per heavy atom. The number of allylic oxidation sites excluding steroid dienone is 2. The van der Waals surface area contributed by atoms with Crippen LogP contribution < -0.4 is 11.1 Å². The SMILES string of the molecule is CC.CCCC(CCC)CCN=C1CCCC/C1=C(/N)C(C)=O.CCCCC(CCC)NC(C)=O. The number of carbonyl (C=O) groups is 2. The standard InChI is InChI=1S/C18H32N2O.C10H21NO.C2H6/c1-4-8-15(9-5-2)12-13-20-17-11-7-6-10-16(17)18(19)14(3)21;1-4-6-8-10(7-5-2)11-9(3)12;1-2/h15H,4-13,19H2,1-3H3;10H,4-8H2,1-3H3,(H,11,12);1-2H3/b18-16-,20-17?;;. The van der Waals surface area contributed by atoms with Crippen molar-refractivity contribution in [1.82, 2.24) is 5.32 Å². The summed E-state index contributed by atoms with van der Waals surface area (Å²) >= 11 is 0. The lowest BCUT2D eigenvalue weighted by molar-refractivity contribution is -0.119.